The van der Waals surface area contributed by atoms with E-state index in [0.717, 1.165) is 5.57 Å². The van der Waals surface area contributed by atoms with Gasteiger partial charge in [0, 0.05) is 5.41 Å². The molecule has 0 aromatic carbocycles. The molecule has 3 fully saturated rings. The zero-order valence-electron chi connectivity index (χ0n) is 15.0. The molecule has 3 aliphatic rings. The summed E-state index contributed by atoms with van der Waals surface area (Å²) >= 11 is 0. The van der Waals surface area contributed by atoms with E-state index < -0.39 is 18.3 Å². The molecule has 4 N–H and O–H groups in total. The highest BCUT2D eigenvalue weighted by Gasteiger charge is 2.70. The molecule has 0 bridgehead atoms. The number of aliphatic hydroxyl groups excluding tert-OH is 3. The number of hydrogen-bond acceptors (Lipinski definition) is 4. The Kier molecular flexibility index (Phi) is 4.49. The lowest BCUT2D eigenvalue weighted by atomic mass is 9.46. The fourth-order valence-corrected chi connectivity index (χ4v) is 5.99. The third-order valence-corrected chi connectivity index (χ3v) is 7.43. The molecule has 0 spiro atoms. The van der Waals surface area contributed by atoms with E-state index in [0.29, 0.717) is 30.1 Å². The van der Waals surface area contributed by atoms with E-state index in [-0.39, 0.29) is 17.4 Å². The van der Waals surface area contributed by atoms with Crippen LogP contribution in [0.4, 0.5) is 0 Å². The second kappa shape index (κ2) is 5.94. The molecule has 0 unspecified atom stereocenters. The summed E-state index contributed by atoms with van der Waals surface area (Å²) in [5.74, 6) is 2.42. The Morgan fingerprint density at radius 2 is 2.08 bits per heavy atom. The van der Waals surface area contributed by atoms with Crippen molar-refractivity contribution in [3.8, 4) is 0 Å². The van der Waals surface area contributed by atoms with Gasteiger partial charge in [0.1, 0.15) is 5.60 Å². The predicted octanol–water partition coefficient (Wildman–Crippen LogP) is 1.88. The molecule has 0 aliphatic heterocycles. The molecule has 0 radical (unpaired) electrons. The molecule has 3 aliphatic carbocycles. The monoisotopic (exact) mass is 336 g/mol. The molecule has 0 heterocycles. The minimum Gasteiger partial charge on any atom is -0.393 e. The highest BCUT2D eigenvalue weighted by Crippen LogP contribution is 2.73. The SMILES string of the molecule is C=C([C@H](O)/C=C/[C@@](C)(O)CO)[C@@H]1C[C@@H](O)[C@@]2(C)[C@@H]1[C@@H]1[C@H](C)CC[C@@H]12. The van der Waals surface area contributed by atoms with Gasteiger partial charge in [-0.3, -0.25) is 0 Å². The number of aliphatic hydroxyl groups is 4. The van der Waals surface area contributed by atoms with Crippen molar-refractivity contribution in [2.75, 3.05) is 6.61 Å². The smallest absolute Gasteiger partial charge is 0.103 e. The van der Waals surface area contributed by atoms with Crippen molar-refractivity contribution < 1.29 is 20.4 Å². The fraction of sp³-hybridized carbons (Fsp3) is 0.800. The molecule has 9 atom stereocenters. The Labute approximate surface area is 144 Å². The molecule has 4 nitrogen and oxygen atoms in total. The van der Waals surface area contributed by atoms with Gasteiger partial charge in [0.25, 0.3) is 0 Å². The summed E-state index contributed by atoms with van der Waals surface area (Å²) in [5, 5.41) is 40.1. The molecule has 4 heteroatoms. The maximum absolute atomic E-state index is 10.7. The lowest BCUT2D eigenvalue weighted by Crippen LogP contribution is -2.57. The number of hydrogen-bond donors (Lipinski definition) is 4. The average molecular weight is 336 g/mol. The standard InChI is InChI=1S/C20H32O4/c1-11-5-6-14-17(11)18-13(9-16(23)20(14,18)4)12(2)15(22)7-8-19(3,24)10-21/h7-8,11,13-18,21-24H,2,5-6,9-10H2,1,3-4H3/b8-7+/t11-,13+,14+,15-,16-,17-,18+,19-,20+/m1/s1. The van der Waals surface area contributed by atoms with Crippen LogP contribution in [0.1, 0.15) is 40.0 Å². The average Bonchev–Trinajstić information content (AvgIpc) is 2.97. The van der Waals surface area contributed by atoms with E-state index in [1.54, 1.807) is 0 Å². The van der Waals surface area contributed by atoms with Crippen molar-refractivity contribution in [1.29, 1.82) is 0 Å². The number of rotatable bonds is 5. The van der Waals surface area contributed by atoms with Gasteiger partial charge in [0.05, 0.1) is 18.8 Å². The highest BCUT2D eigenvalue weighted by molar-refractivity contribution is 5.27. The van der Waals surface area contributed by atoms with Crippen LogP contribution in [0.3, 0.4) is 0 Å². The summed E-state index contributed by atoms with van der Waals surface area (Å²) in [4.78, 5) is 0. The topological polar surface area (TPSA) is 80.9 Å². The van der Waals surface area contributed by atoms with Crippen LogP contribution in [0, 0.1) is 35.0 Å². The van der Waals surface area contributed by atoms with E-state index >= 15 is 0 Å². The van der Waals surface area contributed by atoms with Gasteiger partial charge in [0.2, 0.25) is 0 Å². The molecular formula is C20H32O4. The van der Waals surface area contributed by atoms with Crippen molar-refractivity contribution in [3.63, 3.8) is 0 Å². The minimum atomic E-state index is -1.34. The quantitative estimate of drug-likeness (QED) is 0.578. The third kappa shape index (κ3) is 2.50. The van der Waals surface area contributed by atoms with Crippen LogP contribution in [0.25, 0.3) is 0 Å². The second-order valence-electron chi connectivity index (χ2n) is 8.88. The molecule has 3 saturated carbocycles. The summed E-state index contributed by atoms with van der Waals surface area (Å²) in [6, 6.07) is 0. The van der Waals surface area contributed by atoms with Crippen LogP contribution in [0.5, 0.6) is 0 Å². The van der Waals surface area contributed by atoms with Crippen molar-refractivity contribution in [1.82, 2.24) is 0 Å². The van der Waals surface area contributed by atoms with Gasteiger partial charge in [-0.05, 0) is 54.9 Å². The van der Waals surface area contributed by atoms with E-state index in [1.165, 1.54) is 31.9 Å². The number of fused-ring (bicyclic) bond motifs is 4. The first kappa shape index (κ1) is 18.1. The van der Waals surface area contributed by atoms with Crippen LogP contribution in [0.15, 0.2) is 24.3 Å². The summed E-state index contributed by atoms with van der Waals surface area (Å²) in [5.41, 5.74) is -0.652. The lowest BCUT2D eigenvalue weighted by Gasteiger charge is -2.58. The van der Waals surface area contributed by atoms with Crippen molar-refractivity contribution in [2.45, 2.75) is 57.8 Å². The molecule has 0 aromatic rings. The Hall–Kier alpha value is -0.680. The van der Waals surface area contributed by atoms with Gasteiger partial charge in [-0.25, -0.2) is 0 Å². The molecule has 24 heavy (non-hydrogen) atoms. The summed E-state index contributed by atoms with van der Waals surface area (Å²) in [7, 11) is 0. The van der Waals surface area contributed by atoms with Crippen LogP contribution < -0.4 is 0 Å². The fourth-order valence-electron chi connectivity index (χ4n) is 5.99. The molecule has 0 amide bonds. The Morgan fingerprint density at radius 1 is 1.42 bits per heavy atom. The summed E-state index contributed by atoms with van der Waals surface area (Å²) < 4.78 is 0. The molecule has 3 rings (SSSR count). The lowest BCUT2D eigenvalue weighted by molar-refractivity contribution is -0.143. The van der Waals surface area contributed by atoms with Crippen LogP contribution >= 0.6 is 0 Å². The van der Waals surface area contributed by atoms with Gasteiger partial charge in [0.15, 0.2) is 0 Å². The Balaban J connectivity index is 1.76. The maximum atomic E-state index is 10.7. The van der Waals surface area contributed by atoms with Gasteiger partial charge in [-0.2, -0.15) is 0 Å². The van der Waals surface area contributed by atoms with E-state index in [9.17, 15) is 15.3 Å². The van der Waals surface area contributed by atoms with Gasteiger partial charge >= 0.3 is 0 Å². The second-order valence-corrected chi connectivity index (χ2v) is 8.88. The Morgan fingerprint density at radius 3 is 2.71 bits per heavy atom. The van der Waals surface area contributed by atoms with Crippen molar-refractivity contribution in [2.24, 2.45) is 35.0 Å². The van der Waals surface area contributed by atoms with Crippen molar-refractivity contribution in [3.05, 3.63) is 24.3 Å². The van der Waals surface area contributed by atoms with Gasteiger partial charge in [-0.15, -0.1) is 0 Å². The molecule has 136 valence electrons. The first-order valence-electron chi connectivity index (χ1n) is 9.21. The molecule has 0 saturated heterocycles. The van der Waals surface area contributed by atoms with Crippen molar-refractivity contribution >= 4 is 0 Å². The third-order valence-electron chi connectivity index (χ3n) is 7.43. The predicted molar refractivity (Wildman–Crippen MR) is 93.1 cm³/mol. The zero-order valence-corrected chi connectivity index (χ0v) is 15.0. The first-order chi connectivity index (χ1) is 11.1. The van der Waals surface area contributed by atoms with Crippen LogP contribution in [0.2, 0.25) is 0 Å². The normalized spacial score (nSPS) is 47.8. The van der Waals surface area contributed by atoms with E-state index in [2.05, 4.69) is 20.4 Å². The van der Waals surface area contributed by atoms with E-state index in [4.69, 9.17) is 5.11 Å². The minimum absolute atomic E-state index is 0.0386. The summed E-state index contributed by atoms with van der Waals surface area (Å²) in [6.07, 6.45) is 4.85. The van der Waals surface area contributed by atoms with E-state index in [1.807, 2.05) is 0 Å². The molecule has 0 aromatic heterocycles. The van der Waals surface area contributed by atoms with Gasteiger partial charge in [-0.1, -0.05) is 39.0 Å². The van der Waals surface area contributed by atoms with Gasteiger partial charge < -0.3 is 20.4 Å². The zero-order chi connectivity index (χ0) is 17.9. The van der Waals surface area contributed by atoms with Crippen LogP contribution in [-0.2, 0) is 0 Å². The maximum Gasteiger partial charge on any atom is 0.103 e. The van der Waals surface area contributed by atoms with Crippen LogP contribution in [-0.4, -0.2) is 44.8 Å². The Bertz CT molecular complexity index is 540. The first-order valence-corrected chi connectivity index (χ1v) is 9.21. The highest BCUT2D eigenvalue weighted by atomic mass is 16.3. The summed E-state index contributed by atoms with van der Waals surface area (Å²) in [6.45, 7) is 9.75. The molecular weight excluding hydrogens is 304 g/mol. The largest absolute Gasteiger partial charge is 0.393 e.